The molecule has 0 aliphatic rings. The van der Waals surface area contributed by atoms with Gasteiger partial charge in [0.25, 0.3) is 5.91 Å². The van der Waals surface area contributed by atoms with Gasteiger partial charge < -0.3 is 10.1 Å². The molecule has 2 rings (SSSR count). The fraction of sp³-hybridized carbons (Fsp3) is 0.333. The molecule has 0 unspecified atom stereocenters. The maximum absolute atomic E-state index is 12.2. The van der Waals surface area contributed by atoms with Gasteiger partial charge in [-0.25, -0.2) is 0 Å². The Labute approximate surface area is 150 Å². The molecule has 0 bridgehead atoms. The highest BCUT2D eigenvalue weighted by molar-refractivity contribution is 7.99. The smallest absolute Gasteiger partial charge is 0.316 e. The van der Waals surface area contributed by atoms with E-state index >= 15 is 0 Å². The van der Waals surface area contributed by atoms with Crippen molar-refractivity contribution in [2.75, 3.05) is 11.1 Å². The molecule has 0 fully saturated rings. The minimum absolute atomic E-state index is 0.235. The molecule has 24 heavy (non-hydrogen) atoms. The van der Waals surface area contributed by atoms with Crippen LogP contribution >= 0.6 is 23.1 Å². The number of aryl methyl sites for hydroxylation is 2. The lowest BCUT2D eigenvalue weighted by molar-refractivity contribution is -0.150. The molecule has 0 radical (unpaired) electrons. The van der Waals surface area contributed by atoms with Gasteiger partial charge in [0.1, 0.15) is 0 Å². The Kier molecular flexibility index (Phi) is 6.87. The van der Waals surface area contributed by atoms with Crippen molar-refractivity contribution in [2.45, 2.75) is 32.6 Å². The van der Waals surface area contributed by atoms with Crippen molar-refractivity contribution in [1.82, 2.24) is 0 Å². The number of hydrogen-bond donors (Lipinski definition) is 1. The highest BCUT2D eigenvalue weighted by Crippen LogP contribution is 2.18. The Morgan fingerprint density at radius 1 is 1.29 bits per heavy atom. The maximum atomic E-state index is 12.2. The second-order valence-electron chi connectivity index (χ2n) is 5.51. The summed E-state index contributed by atoms with van der Waals surface area (Å²) in [4.78, 5) is 25.2. The Balaban J connectivity index is 1.78. The van der Waals surface area contributed by atoms with Gasteiger partial charge in [-0.05, 0) is 49.4 Å². The molecular formula is C18H21NO3S2. The monoisotopic (exact) mass is 363 g/mol. The van der Waals surface area contributed by atoms with Gasteiger partial charge in [0, 0.05) is 16.3 Å². The van der Waals surface area contributed by atoms with E-state index in [-0.39, 0.29) is 17.6 Å². The Hall–Kier alpha value is -1.79. The maximum Gasteiger partial charge on any atom is 0.316 e. The van der Waals surface area contributed by atoms with Crippen molar-refractivity contribution in [1.29, 1.82) is 0 Å². The number of thiophene rings is 1. The minimum atomic E-state index is -0.820. The van der Waals surface area contributed by atoms with E-state index in [9.17, 15) is 9.59 Å². The number of carbonyl (C=O) groups excluding carboxylic acids is 2. The first kappa shape index (κ1) is 18.5. The third-order valence-corrected chi connectivity index (χ3v) is 5.39. The van der Waals surface area contributed by atoms with Crippen molar-refractivity contribution in [3.05, 3.63) is 51.7 Å². The largest absolute Gasteiger partial charge is 0.452 e. The third-order valence-electron chi connectivity index (χ3n) is 3.37. The number of rotatable bonds is 7. The normalized spacial score (nSPS) is 11.8. The molecule has 6 heteroatoms. The number of benzene rings is 1. The van der Waals surface area contributed by atoms with Crippen LogP contribution in [0.25, 0.3) is 0 Å². The van der Waals surface area contributed by atoms with Gasteiger partial charge in [-0.15, -0.1) is 23.1 Å². The molecule has 0 aliphatic heterocycles. The zero-order chi connectivity index (χ0) is 17.5. The van der Waals surface area contributed by atoms with Crippen molar-refractivity contribution in [2.24, 2.45) is 0 Å². The highest BCUT2D eigenvalue weighted by Gasteiger charge is 2.18. The summed E-state index contributed by atoms with van der Waals surface area (Å²) in [6, 6.07) is 9.85. The summed E-state index contributed by atoms with van der Waals surface area (Å²) < 4.78 is 5.21. The summed E-state index contributed by atoms with van der Waals surface area (Å²) in [6.07, 6.45) is -0.820. The fourth-order valence-electron chi connectivity index (χ4n) is 2.02. The zero-order valence-corrected chi connectivity index (χ0v) is 15.6. The van der Waals surface area contributed by atoms with Crippen LogP contribution in [0, 0.1) is 13.8 Å². The summed E-state index contributed by atoms with van der Waals surface area (Å²) >= 11 is 3.15. The van der Waals surface area contributed by atoms with Gasteiger partial charge in [-0.3, -0.25) is 9.59 Å². The number of amides is 1. The van der Waals surface area contributed by atoms with Crippen LogP contribution in [0.5, 0.6) is 0 Å². The van der Waals surface area contributed by atoms with E-state index in [0.29, 0.717) is 0 Å². The number of hydrogen-bond acceptors (Lipinski definition) is 5. The quantitative estimate of drug-likeness (QED) is 0.750. The predicted molar refractivity (Wildman–Crippen MR) is 101 cm³/mol. The number of esters is 1. The number of nitrogens with one attached hydrogen (secondary N) is 1. The third kappa shape index (κ3) is 5.69. The Morgan fingerprint density at radius 3 is 2.79 bits per heavy atom. The molecule has 0 spiro atoms. The lowest BCUT2D eigenvalue weighted by Crippen LogP contribution is -2.30. The average Bonchev–Trinajstić information content (AvgIpc) is 3.04. The highest BCUT2D eigenvalue weighted by atomic mass is 32.2. The van der Waals surface area contributed by atoms with Crippen LogP contribution in [0.15, 0.2) is 35.7 Å². The first-order valence-corrected chi connectivity index (χ1v) is 9.67. The topological polar surface area (TPSA) is 55.4 Å². The van der Waals surface area contributed by atoms with E-state index in [0.717, 1.165) is 22.6 Å². The molecule has 1 aromatic heterocycles. The van der Waals surface area contributed by atoms with Crippen molar-refractivity contribution < 1.29 is 14.3 Å². The first-order valence-electron chi connectivity index (χ1n) is 7.63. The molecule has 0 saturated carbocycles. The number of thioether (sulfide) groups is 1. The van der Waals surface area contributed by atoms with Gasteiger partial charge in [0.15, 0.2) is 6.10 Å². The molecule has 0 aliphatic carbocycles. The van der Waals surface area contributed by atoms with E-state index in [2.05, 4.69) is 5.32 Å². The summed E-state index contributed by atoms with van der Waals surface area (Å²) in [5, 5.41) is 4.82. The summed E-state index contributed by atoms with van der Waals surface area (Å²) in [6.45, 7) is 5.47. The molecule has 2 aromatic rings. The van der Waals surface area contributed by atoms with Gasteiger partial charge in [-0.2, -0.15) is 0 Å². The number of carbonyl (C=O) groups is 2. The molecule has 1 aromatic carbocycles. The summed E-state index contributed by atoms with van der Waals surface area (Å²) in [7, 11) is 0. The molecule has 0 saturated heterocycles. The standard InChI is InChI=1S/C18H21NO3S2/c1-12-6-7-13(2)16(9-12)19-18(21)14(3)22-17(20)11-23-10-15-5-4-8-24-15/h4-9,14H,10-11H2,1-3H3,(H,19,21)/t14-/m1/s1. The molecule has 1 heterocycles. The van der Waals surface area contributed by atoms with Crippen LogP contribution < -0.4 is 5.32 Å². The molecule has 128 valence electrons. The van der Waals surface area contributed by atoms with Crippen molar-refractivity contribution in [3.8, 4) is 0 Å². The lowest BCUT2D eigenvalue weighted by atomic mass is 10.1. The molecule has 1 N–H and O–H groups in total. The lowest BCUT2D eigenvalue weighted by Gasteiger charge is -2.15. The first-order chi connectivity index (χ1) is 11.5. The molecule has 1 amide bonds. The van der Waals surface area contributed by atoms with E-state index < -0.39 is 6.10 Å². The average molecular weight is 364 g/mol. The van der Waals surface area contributed by atoms with Crippen LogP contribution in [0.2, 0.25) is 0 Å². The van der Waals surface area contributed by atoms with E-state index in [1.807, 2.05) is 49.6 Å². The Morgan fingerprint density at radius 2 is 2.08 bits per heavy atom. The Bertz CT molecular complexity index is 698. The van der Waals surface area contributed by atoms with Crippen LogP contribution in [0.1, 0.15) is 22.9 Å². The number of ether oxygens (including phenoxy) is 1. The predicted octanol–water partition coefficient (Wildman–Crippen LogP) is 4.17. The fourth-order valence-corrected chi connectivity index (χ4v) is 3.66. The molecule has 4 nitrogen and oxygen atoms in total. The molecular weight excluding hydrogens is 342 g/mol. The van der Waals surface area contributed by atoms with Gasteiger partial charge in [0.05, 0.1) is 5.75 Å². The SMILES string of the molecule is Cc1ccc(C)c(NC(=O)[C@@H](C)OC(=O)CSCc2cccs2)c1. The molecule has 1 atom stereocenters. The van der Waals surface area contributed by atoms with Crippen LogP contribution in [-0.4, -0.2) is 23.7 Å². The van der Waals surface area contributed by atoms with E-state index in [1.54, 1.807) is 18.3 Å². The second-order valence-corrected chi connectivity index (χ2v) is 7.53. The van der Waals surface area contributed by atoms with Crippen LogP contribution in [0.4, 0.5) is 5.69 Å². The zero-order valence-electron chi connectivity index (χ0n) is 14.0. The van der Waals surface area contributed by atoms with Crippen molar-refractivity contribution >= 4 is 40.7 Å². The van der Waals surface area contributed by atoms with E-state index in [4.69, 9.17) is 4.74 Å². The van der Waals surface area contributed by atoms with Crippen LogP contribution in [0.3, 0.4) is 0 Å². The summed E-state index contributed by atoms with van der Waals surface area (Å²) in [5.74, 6) is 0.315. The van der Waals surface area contributed by atoms with Gasteiger partial charge in [0.2, 0.25) is 0 Å². The van der Waals surface area contributed by atoms with Crippen LogP contribution in [-0.2, 0) is 20.1 Å². The second kappa shape index (κ2) is 8.89. The van der Waals surface area contributed by atoms with Crippen molar-refractivity contribution in [3.63, 3.8) is 0 Å². The van der Waals surface area contributed by atoms with Gasteiger partial charge >= 0.3 is 5.97 Å². The summed E-state index contributed by atoms with van der Waals surface area (Å²) in [5.41, 5.74) is 2.78. The number of anilines is 1. The minimum Gasteiger partial charge on any atom is -0.452 e. The van der Waals surface area contributed by atoms with Gasteiger partial charge in [-0.1, -0.05) is 18.2 Å². The van der Waals surface area contributed by atoms with E-state index in [1.165, 1.54) is 16.6 Å².